The normalized spacial score (nSPS) is 10.7. The maximum absolute atomic E-state index is 12.9. The van der Waals surface area contributed by atoms with Crippen molar-refractivity contribution in [2.24, 2.45) is 11.5 Å². The largest absolute Gasteiger partial charge is 0.481 e. The molecule has 0 rings (SSSR count). The molecule has 22 nitrogen and oxygen atoms in total. The highest BCUT2D eigenvalue weighted by Crippen LogP contribution is 2.03. The van der Waals surface area contributed by atoms with Crippen LogP contribution in [0.15, 0.2) is 0 Å². The van der Waals surface area contributed by atoms with Crippen LogP contribution in [-0.4, -0.2) is 173 Å². The molecule has 0 heterocycles. The number of carbonyl (C=O) groups excluding carboxylic acids is 6. The van der Waals surface area contributed by atoms with Gasteiger partial charge in [-0.15, -0.1) is 0 Å². The highest BCUT2D eigenvalue weighted by atomic mass is 16.6. The fourth-order valence-electron chi connectivity index (χ4n) is 5.48. The summed E-state index contributed by atoms with van der Waals surface area (Å²) in [6, 6.07) is 0. The lowest BCUT2D eigenvalue weighted by molar-refractivity contribution is -0.138. The number of carboxylic acids is 2. The highest BCUT2D eigenvalue weighted by Gasteiger charge is 2.22. The van der Waals surface area contributed by atoms with Crippen LogP contribution < -0.4 is 32.7 Å². The Kier molecular flexibility index (Phi) is 37.2. The zero-order valence-corrected chi connectivity index (χ0v) is 36.5. The Morgan fingerprint density at radius 3 is 1.16 bits per heavy atom. The van der Waals surface area contributed by atoms with E-state index in [1.54, 1.807) is 0 Å². The Bertz CT molecular complexity index is 1210. The quantitative estimate of drug-likeness (QED) is 0.0392. The Morgan fingerprint density at radius 1 is 0.403 bits per heavy atom. The number of nitrogens with zero attached hydrogens (tertiary/aromatic N) is 2. The molecule has 0 bridgehead atoms. The minimum absolute atomic E-state index is 0.0214. The second-order valence-corrected chi connectivity index (χ2v) is 14.3. The van der Waals surface area contributed by atoms with Gasteiger partial charge in [0, 0.05) is 65.0 Å². The predicted octanol–water partition coefficient (Wildman–Crippen LogP) is 0.690. The van der Waals surface area contributed by atoms with Crippen LogP contribution >= 0.6 is 0 Å². The summed E-state index contributed by atoms with van der Waals surface area (Å²) >= 11 is 0. The van der Waals surface area contributed by atoms with Gasteiger partial charge in [0.2, 0.25) is 23.6 Å². The lowest BCUT2D eigenvalue weighted by atomic mass is 10.2. The van der Waals surface area contributed by atoms with Crippen molar-refractivity contribution >= 4 is 47.8 Å². The summed E-state index contributed by atoms with van der Waals surface area (Å²) in [5.41, 5.74) is 11.0. The van der Waals surface area contributed by atoms with E-state index >= 15 is 0 Å². The van der Waals surface area contributed by atoms with Crippen LogP contribution in [0.3, 0.4) is 0 Å². The van der Waals surface area contributed by atoms with Crippen LogP contribution in [-0.2, 0) is 47.7 Å². The van der Waals surface area contributed by atoms with Gasteiger partial charge in [0.25, 0.3) is 0 Å². The fraction of sp³-hybridized carbons (Fsp3) is 0.800. The van der Waals surface area contributed by atoms with E-state index in [4.69, 9.17) is 40.6 Å². The average molecular weight is 891 g/mol. The first-order valence-corrected chi connectivity index (χ1v) is 21.8. The van der Waals surface area contributed by atoms with Crippen molar-refractivity contribution in [3.63, 3.8) is 0 Å². The average Bonchev–Trinajstić information content (AvgIpc) is 3.23. The number of carboxylic acid groups (broad SMARTS) is 2. The van der Waals surface area contributed by atoms with Gasteiger partial charge in [-0.2, -0.15) is 0 Å². The first-order valence-electron chi connectivity index (χ1n) is 21.8. The monoisotopic (exact) mass is 891 g/mol. The summed E-state index contributed by atoms with van der Waals surface area (Å²) < 4.78 is 21.5. The molecule has 0 saturated carbocycles. The molecule has 0 saturated heterocycles. The summed E-state index contributed by atoms with van der Waals surface area (Å²) in [5, 5.41) is 28.4. The van der Waals surface area contributed by atoms with E-state index in [9.17, 15) is 38.4 Å². The van der Waals surface area contributed by atoms with Gasteiger partial charge < -0.3 is 66.8 Å². The number of aliphatic carboxylic acids is 2. The van der Waals surface area contributed by atoms with Gasteiger partial charge in [-0.3, -0.25) is 33.7 Å². The molecular weight excluding hydrogens is 816 g/mol. The fourth-order valence-corrected chi connectivity index (χ4v) is 5.48. The molecule has 0 radical (unpaired) electrons. The van der Waals surface area contributed by atoms with Crippen molar-refractivity contribution in [1.29, 1.82) is 0 Å². The van der Waals surface area contributed by atoms with Gasteiger partial charge in [-0.25, -0.2) is 9.59 Å². The van der Waals surface area contributed by atoms with Gasteiger partial charge in [0.05, 0.1) is 26.4 Å². The van der Waals surface area contributed by atoms with Gasteiger partial charge in [0.15, 0.2) is 0 Å². The summed E-state index contributed by atoms with van der Waals surface area (Å²) in [4.78, 5) is 98.8. The standard InChI is InChI=1S/C40H74N8O14/c41-17-9-1-5-13-33(49)45-21-23-47(24-22-46-34(50)14-6-2-10-18-42)39(57)61-29-27-59-25-26-60-28-30-62-40(58)48(31-35(51)43-19-11-3-7-15-37(53)54)32-36(52)44-20-12-4-8-16-38(55)56/h1-32,41-42H2,(H,43,51)(H,44,52)(H,45,49)(H,46,50)(H,53,54)(H,55,56). The molecule has 358 valence electrons. The minimum atomic E-state index is -0.921. The van der Waals surface area contributed by atoms with Gasteiger partial charge >= 0.3 is 24.1 Å². The van der Waals surface area contributed by atoms with Gasteiger partial charge in [0.1, 0.15) is 26.3 Å². The second-order valence-electron chi connectivity index (χ2n) is 14.3. The number of rotatable bonds is 41. The third kappa shape index (κ3) is 37.0. The van der Waals surface area contributed by atoms with Crippen molar-refractivity contribution in [3.05, 3.63) is 0 Å². The topological polar surface area (TPSA) is 321 Å². The smallest absolute Gasteiger partial charge is 0.410 e. The van der Waals surface area contributed by atoms with E-state index < -0.39 is 49.0 Å². The Labute approximate surface area is 365 Å². The second kappa shape index (κ2) is 40.3. The third-order valence-electron chi connectivity index (χ3n) is 8.87. The molecule has 0 aliphatic heterocycles. The molecule has 0 unspecified atom stereocenters. The Morgan fingerprint density at radius 2 is 0.758 bits per heavy atom. The molecule has 10 N–H and O–H groups in total. The number of unbranched alkanes of at least 4 members (excludes halogenated alkanes) is 8. The van der Waals surface area contributed by atoms with Crippen LogP contribution in [0.25, 0.3) is 0 Å². The number of nitrogens with one attached hydrogen (secondary N) is 4. The number of hydrogen-bond acceptors (Lipinski definition) is 14. The van der Waals surface area contributed by atoms with E-state index in [0.29, 0.717) is 64.5 Å². The van der Waals surface area contributed by atoms with E-state index in [1.807, 2.05) is 0 Å². The van der Waals surface area contributed by atoms with Crippen LogP contribution in [0.5, 0.6) is 0 Å². The molecule has 0 aromatic rings. The molecule has 0 fully saturated rings. The summed E-state index contributed by atoms with van der Waals surface area (Å²) in [5.74, 6) is -3.12. The minimum Gasteiger partial charge on any atom is -0.481 e. The molecule has 0 aliphatic carbocycles. The summed E-state index contributed by atoms with van der Waals surface area (Å²) in [6.45, 7) is 1.52. The molecule has 0 aliphatic rings. The van der Waals surface area contributed by atoms with Crippen molar-refractivity contribution in [2.45, 2.75) is 103 Å². The number of carbonyl (C=O) groups is 8. The van der Waals surface area contributed by atoms with Gasteiger partial charge in [-0.1, -0.05) is 25.7 Å². The van der Waals surface area contributed by atoms with Crippen LogP contribution in [0.2, 0.25) is 0 Å². The lowest BCUT2D eigenvalue weighted by Crippen LogP contribution is -2.46. The molecule has 22 heteroatoms. The number of ether oxygens (including phenoxy) is 4. The van der Waals surface area contributed by atoms with Crippen LogP contribution in [0, 0.1) is 0 Å². The van der Waals surface area contributed by atoms with E-state index in [1.165, 1.54) is 4.90 Å². The molecule has 0 atom stereocenters. The first-order chi connectivity index (χ1) is 29.9. The molecular formula is C40H74N8O14. The Hall–Kier alpha value is -4.80. The zero-order chi connectivity index (χ0) is 46.1. The van der Waals surface area contributed by atoms with E-state index in [0.717, 1.165) is 43.4 Å². The third-order valence-corrected chi connectivity index (χ3v) is 8.87. The Balaban J connectivity index is 4.70. The van der Waals surface area contributed by atoms with Crippen LogP contribution in [0.1, 0.15) is 103 Å². The maximum atomic E-state index is 12.9. The number of amides is 6. The summed E-state index contributed by atoms with van der Waals surface area (Å²) in [7, 11) is 0. The van der Waals surface area contributed by atoms with Crippen molar-refractivity contribution in [2.75, 3.05) is 105 Å². The predicted molar refractivity (Wildman–Crippen MR) is 227 cm³/mol. The number of nitrogens with two attached hydrogens (primary N) is 2. The molecule has 0 aromatic heterocycles. The zero-order valence-electron chi connectivity index (χ0n) is 36.5. The highest BCUT2D eigenvalue weighted by molar-refractivity contribution is 5.86. The van der Waals surface area contributed by atoms with E-state index in [2.05, 4.69) is 21.3 Å². The lowest BCUT2D eigenvalue weighted by Gasteiger charge is -2.22. The van der Waals surface area contributed by atoms with Gasteiger partial charge in [-0.05, 0) is 64.5 Å². The first kappa shape index (κ1) is 57.2. The number of hydrogen-bond donors (Lipinski definition) is 8. The molecule has 0 aromatic carbocycles. The molecule has 0 spiro atoms. The maximum Gasteiger partial charge on any atom is 0.410 e. The van der Waals surface area contributed by atoms with Crippen molar-refractivity contribution in [3.8, 4) is 0 Å². The molecule has 6 amide bonds. The van der Waals surface area contributed by atoms with Crippen molar-refractivity contribution in [1.82, 2.24) is 31.1 Å². The van der Waals surface area contributed by atoms with Crippen molar-refractivity contribution < 1.29 is 67.5 Å². The van der Waals surface area contributed by atoms with Crippen LogP contribution in [0.4, 0.5) is 9.59 Å². The molecule has 62 heavy (non-hydrogen) atoms. The summed E-state index contributed by atoms with van der Waals surface area (Å²) in [6.07, 6.45) is 7.24. The SMILES string of the molecule is NCCCCCC(=O)NCCN(CCNC(=O)CCCCCN)C(=O)OCCOCCOCCOC(=O)N(CC(=O)NCCCCCC(=O)O)CC(=O)NCCCCCC(=O)O. The van der Waals surface area contributed by atoms with E-state index in [-0.39, 0.29) is 104 Å².